The van der Waals surface area contributed by atoms with Gasteiger partial charge in [0.05, 0.1) is 12.1 Å². The summed E-state index contributed by atoms with van der Waals surface area (Å²) in [4.78, 5) is 5.97. The first-order valence-corrected chi connectivity index (χ1v) is 6.31. The fourth-order valence-electron chi connectivity index (χ4n) is 3.27. The molecule has 0 unspecified atom stereocenters. The summed E-state index contributed by atoms with van der Waals surface area (Å²) in [5.41, 5.74) is 1.40. The molecule has 2 aliphatic rings. The highest BCUT2D eigenvalue weighted by atomic mass is 16.7. The average molecular weight is 217 g/mol. The minimum absolute atomic E-state index is 0.462. The van der Waals surface area contributed by atoms with Crippen molar-refractivity contribution >= 4 is 0 Å². The van der Waals surface area contributed by atoms with Gasteiger partial charge in [-0.25, -0.2) is 0 Å². The molecule has 2 fully saturated rings. The fourth-order valence-corrected chi connectivity index (χ4v) is 3.27. The molecule has 1 saturated carbocycles. The van der Waals surface area contributed by atoms with Gasteiger partial charge in [0.15, 0.2) is 0 Å². The van der Waals surface area contributed by atoms with Crippen LogP contribution in [-0.4, -0.2) is 18.2 Å². The predicted molar refractivity (Wildman–Crippen MR) is 63.8 cm³/mol. The monoisotopic (exact) mass is 217 g/mol. The van der Waals surface area contributed by atoms with Gasteiger partial charge in [-0.3, -0.25) is 4.84 Å². The van der Waals surface area contributed by atoms with E-state index in [9.17, 15) is 0 Å². The molecule has 3 atom stereocenters. The number of hydrogen-bond donors (Lipinski definition) is 0. The number of benzene rings is 1. The number of fused-ring (bicyclic) bond motifs is 1. The molecule has 2 nitrogen and oxygen atoms in total. The normalized spacial score (nSPS) is 34.9. The summed E-state index contributed by atoms with van der Waals surface area (Å²) in [6.07, 6.45) is 5.70. The van der Waals surface area contributed by atoms with E-state index in [1.54, 1.807) is 0 Å². The van der Waals surface area contributed by atoms with Crippen LogP contribution in [0, 0.1) is 5.92 Å². The lowest BCUT2D eigenvalue weighted by molar-refractivity contribution is -0.147. The van der Waals surface area contributed by atoms with Crippen LogP contribution in [0.2, 0.25) is 0 Å². The second-order valence-corrected chi connectivity index (χ2v) is 4.99. The highest BCUT2D eigenvalue weighted by Crippen LogP contribution is 2.44. The van der Waals surface area contributed by atoms with E-state index >= 15 is 0 Å². The molecule has 16 heavy (non-hydrogen) atoms. The van der Waals surface area contributed by atoms with E-state index in [-0.39, 0.29) is 0 Å². The molecule has 0 N–H and O–H groups in total. The number of hydrogen-bond acceptors (Lipinski definition) is 2. The van der Waals surface area contributed by atoms with E-state index in [1.807, 2.05) is 0 Å². The molecule has 1 aliphatic heterocycles. The van der Waals surface area contributed by atoms with Gasteiger partial charge in [0.1, 0.15) is 0 Å². The minimum atomic E-state index is 0.462. The predicted octanol–water partition coefficient (Wildman–Crippen LogP) is 3.16. The topological polar surface area (TPSA) is 12.5 Å². The van der Waals surface area contributed by atoms with Gasteiger partial charge >= 0.3 is 0 Å². The Labute approximate surface area is 97.2 Å². The molecule has 0 aromatic heterocycles. The van der Waals surface area contributed by atoms with Crippen LogP contribution in [0.25, 0.3) is 0 Å². The summed E-state index contributed by atoms with van der Waals surface area (Å²) < 4.78 is 0. The molecule has 0 amide bonds. The largest absolute Gasteiger partial charge is 0.295 e. The van der Waals surface area contributed by atoms with Crippen molar-refractivity contribution in [3.63, 3.8) is 0 Å². The first-order valence-electron chi connectivity index (χ1n) is 6.31. The summed E-state index contributed by atoms with van der Waals surface area (Å²) >= 11 is 0. The second kappa shape index (κ2) is 4.19. The molecule has 3 rings (SSSR count). The van der Waals surface area contributed by atoms with Crippen LogP contribution >= 0.6 is 0 Å². The third-order valence-electron chi connectivity index (χ3n) is 3.99. The van der Waals surface area contributed by atoms with Crippen LogP contribution in [0.4, 0.5) is 0 Å². The zero-order chi connectivity index (χ0) is 11.0. The van der Waals surface area contributed by atoms with Crippen molar-refractivity contribution in [2.45, 2.75) is 37.8 Å². The molecule has 1 aromatic carbocycles. The molecular formula is C14H19NO. The molecule has 0 radical (unpaired) electrons. The van der Waals surface area contributed by atoms with Crippen molar-refractivity contribution in [3.05, 3.63) is 35.9 Å². The lowest BCUT2D eigenvalue weighted by Crippen LogP contribution is -2.24. The summed E-state index contributed by atoms with van der Waals surface area (Å²) in [5, 5.41) is 2.08. The summed E-state index contributed by atoms with van der Waals surface area (Å²) in [5.74, 6) is 0.696. The first-order chi connectivity index (χ1) is 7.86. The van der Waals surface area contributed by atoms with Crippen LogP contribution in [0.15, 0.2) is 30.3 Å². The molecule has 0 spiro atoms. The standard InChI is InChI=1S/C14H19NO/c1-15-14(11-7-3-2-4-8-11)12-9-5-6-10-13(12)16-15/h2-4,7-8,12-14H,5-6,9-10H2,1H3/t12-,13+,14+/m0/s1. The molecule has 1 aromatic rings. The van der Waals surface area contributed by atoms with Gasteiger partial charge < -0.3 is 0 Å². The Bertz CT molecular complexity index is 351. The molecule has 1 saturated heterocycles. The average Bonchev–Trinajstić information content (AvgIpc) is 2.66. The van der Waals surface area contributed by atoms with Gasteiger partial charge in [-0.05, 0) is 18.4 Å². The van der Waals surface area contributed by atoms with Crippen molar-refractivity contribution in [3.8, 4) is 0 Å². The van der Waals surface area contributed by atoms with Gasteiger partial charge in [0.2, 0.25) is 0 Å². The Morgan fingerprint density at radius 3 is 2.69 bits per heavy atom. The van der Waals surface area contributed by atoms with E-state index in [0.717, 1.165) is 0 Å². The summed E-state index contributed by atoms with van der Waals surface area (Å²) in [6.45, 7) is 0. The molecule has 1 aliphatic carbocycles. The van der Waals surface area contributed by atoms with Gasteiger partial charge in [-0.15, -0.1) is 0 Å². The van der Waals surface area contributed by atoms with Crippen LogP contribution in [0.5, 0.6) is 0 Å². The van der Waals surface area contributed by atoms with Crippen LogP contribution < -0.4 is 0 Å². The molecule has 2 heteroatoms. The van der Waals surface area contributed by atoms with E-state index in [4.69, 9.17) is 4.84 Å². The lowest BCUT2D eigenvalue weighted by Gasteiger charge is -2.26. The molecular weight excluding hydrogens is 198 g/mol. The van der Waals surface area contributed by atoms with E-state index in [2.05, 4.69) is 42.4 Å². The van der Waals surface area contributed by atoms with Crippen molar-refractivity contribution in [1.29, 1.82) is 0 Å². The SMILES string of the molecule is CN1O[C@@H]2CCCC[C@@H]2[C@H]1c1ccccc1. The third kappa shape index (κ3) is 1.66. The maximum Gasteiger partial charge on any atom is 0.0840 e. The highest BCUT2D eigenvalue weighted by Gasteiger charge is 2.42. The lowest BCUT2D eigenvalue weighted by atomic mass is 9.80. The maximum atomic E-state index is 5.97. The Morgan fingerprint density at radius 2 is 1.88 bits per heavy atom. The van der Waals surface area contributed by atoms with Crippen molar-refractivity contribution in [1.82, 2.24) is 5.06 Å². The van der Waals surface area contributed by atoms with Crippen LogP contribution in [0.1, 0.15) is 37.3 Å². The number of nitrogens with zero attached hydrogens (tertiary/aromatic N) is 1. The first kappa shape index (κ1) is 10.3. The van der Waals surface area contributed by atoms with Crippen molar-refractivity contribution < 1.29 is 4.84 Å². The Hall–Kier alpha value is -0.860. The molecule has 1 heterocycles. The van der Waals surface area contributed by atoms with Gasteiger partial charge in [-0.2, -0.15) is 5.06 Å². The minimum Gasteiger partial charge on any atom is -0.295 e. The molecule has 0 bridgehead atoms. The molecule has 86 valence electrons. The Balaban J connectivity index is 1.88. The van der Waals surface area contributed by atoms with Crippen molar-refractivity contribution in [2.24, 2.45) is 5.92 Å². The van der Waals surface area contributed by atoms with Crippen LogP contribution in [-0.2, 0) is 4.84 Å². The van der Waals surface area contributed by atoms with Gasteiger partial charge in [0.25, 0.3) is 0 Å². The maximum absolute atomic E-state index is 5.97. The quantitative estimate of drug-likeness (QED) is 0.716. The zero-order valence-electron chi connectivity index (χ0n) is 9.80. The zero-order valence-corrected chi connectivity index (χ0v) is 9.80. The van der Waals surface area contributed by atoms with E-state index < -0.39 is 0 Å². The highest BCUT2D eigenvalue weighted by molar-refractivity contribution is 5.21. The van der Waals surface area contributed by atoms with Crippen LogP contribution in [0.3, 0.4) is 0 Å². The number of hydroxylamine groups is 2. The summed E-state index contributed by atoms with van der Waals surface area (Å²) in [7, 11) is 2.08. The Morgan fingerprint density at radius 1 is 1.12 bits per heavy atom. The smallest absolute Gasteiger partial charge is 0.0840 e. The third-order valence-corrected chi connectivity index (χ3v) is 3.99. The van der Waals surface area contributed by atoms with Gasteiger partial charge in [0, 0.05) is 13.0 Å². The summed E-state index contributed by atoms with van der Waals surface area (Å²) in [6, 6.07) is 11.2. The van der Waals surface area contributed by atoms with Crippen molar-refractivity contribution in [2.75, 3.05) is 7.05 Å². The van der Waals surface area contributed by atoms with E-state index in [0.29, 0.717) is 18.1 Å². The number of rotatable bonds is 1. The fraction of sp³-hybridized carbons (Fsp3) is 0.571. The van der Waals surface area contributed by atoms with E-state index in [1.165, 1.54) is 31.2 Å². The second-order valence-electron chi connectivity index (χ2n) is 4.99. The Kier molecular flexibility index (Phi) is 2.70. The van der Waals surface area contributed by atoms with Gasteiger partial charge in [-0.1, -0.05) is 43.2 Å².